The number of carbonyl (C=O) groups is 2. The maximum atomic E-state index is 11.9. The zero-order chi connectivity index (χ0) is 27.5. The lowest BCUT2D eigenvalue weighted by atomic mass is 9.89. The summed E-state index contributed by atoms with van der Waals surface area (Å²) in [5.41, 5.74) is 0. The number of amides is 2. The number of nitrogens with one attached hydrogen (secondary N) is 2. The minimum absolute atomic E-state index is 0.0332. The monoisotopic (exact) mass is 529 g/mol. The molecule has 0 heterocycles. The molecule has 1 rings (SSSR count). The summed E-state index contributed by atoms with van der Waals surface area (Å²) in [6.45, 7) is 1.88. The molecule has 5 atom stereocenters. The van der Waals surface area contributed by atoms with E-state index in [2.05, 4.69) is 22.4 Å². The van der Waals surface area contributed by atoms with Crippen LogP contribution in [0.1, 0.15) is 64.7 Å². The van der Waals surface area contributed by atoms with Gasteiger partial charge in [-0.25, -0.2) is 4.79 Å². The second-order valence-corrected chi connectivity index (χ2v) is 9.13. The van der Waals surface area contributed by atoms with Crippen LogP contribution in [0, 0.1) is 22.0 Å². The first kappa shape index (κ1) is 32.3. The molecule has 12 nitrogen and oxygen atoms in total. The molecule has 212 valence electrons. The van der Waals surface area contributed by atoms with Crippen LogP contribution < -0.4 is 10.6 Å². The van der Waals surface area contributed by atoms with E-state index in [1.807, 2.05) is 18.2 Å². The van der Waals surface area contributed by atoms with E-state index in [1.165, 1.54) is 0 Å². The Labute approximate surface area is 218 Å². The largest absolute Gasteiger partial charge is 0.448 e. The van der Waals surface area contributed by atoms with Gasteiger partial charge in [0.2, 0.25) is 5.91 Å². The Morgan fingerprint density at radius 2 is 1.86 bits per heavy atom. The molecule has 12 heteroatoms. The van der Waals surface area contributed by atoms with Gasteiger partial charge in [-0.3, -0.25) is 4.79 Å². The van der Waals surface area contributed by atoms with E-state index in [1.54, 1.807) is 6.08 Å². The Bertz CT molecular complexity index is 732. The van der Waals surface area contributed by atoms with Crippen molar-refractivity contribution in [2.24, 2.45) is 11.8 Å². The normalized spacial score (nSPS) is 22.3. The van der Waals surface area contributed by atoms with Gasteiger partial charge in [-0.15, -0.1) is 10.1 Å². The summed E-state index contributed by atoms with van der Waals surface area (Å²) in [6.07, 6.45) is 11.3. The first-order valence-corrected chi connectivity index (χ1v) is 13.1. The molecule has 0 saturated heterocycles. The van der Waals surface area contributed by atoms with Crippen LogP contribution in [0.15, 0.2) is 24.3 Å². The van der Waals surface area contributed by atoms with Crippen molar-refractivity contribution < 1.29 is 39.6 Å². The Balaban J connectivity index is 2.20. The van der Waals surface area contributed by atoms with Gasteiger partial charge in [-0.2, -0.15) is 0 Å². The molecule has 1 aliphatic carbocycles. The number of aliphatic hydroxyl groups excluding tert-OH is 3. The van der Waals surface area contributed by atoms with E-state index in [0.29, 0.717) is 38.5 Å². The molecule has 0 aromatic rings. The summed E-state index contributed by atoms with van der Waals surface area (Å²) in [6, 6.07) is 0. The quantitative estimate of drug-likeness (QED) is 0.0723. The Kier molecular flexibility index (Phi) is 17.0. The standard InChI is InChI=1S/C25H43N3O9/c1-2-3-6-9-19(29)12-13-21-20(22(30)18-23(21)31)10-7-4-5-8-11-24(32)26-14-16-36-25(33)27-15-17-37-28(34)35/h4,7,12-13,19-23,29-31H,2-3,5-6,8-11,14-18H2,1H3,(H,26,32)(H,27,33)/b7-4-,13-12+/t19-,20+,21+,22-,23+/m0/s1. The number of unbranched alkanes of at least 4 members (excludes halogenated alkanes) is 3. The summed E-state index contributed by atoms with van der Waals surface area (Å²) >= 11 is 0. The van der Waals surface area contributed by atoms with Crippen molar-refractivity contribution in [2.75, 3.05) is 26.3 Å². The third-order valence-corrected chi connectivity index (χ3v) is 6.15. The summed E-state index contributed by atoms with van der Waals surface area (Å²) in [5.74, 6) is -0.495. The molecular formula is C25H43N3O9. The number of hydrogen-bond acceptors (Lipinski definition) is 9. The second kappa shape index (κ2) is 19.4. The summed E-state index contributed by atoms with van der Waals surface area (Å²) in [5, 5.41) is 44.7. The lowest BCUT2D eigenvalue weighted by Crippen LogP contribution is -2.32. The fourth-order valence-corrected chi connectivity index (χ4v) is 4.16. The number of rotatable bonds is 19. The fraction of sp³-hybridized carbons (Fsp3) is 0.760. The van der Waals surface area contributed by atoms with Crippen LogP contribution in [0.4, 0.5) is 4.79 Å². The summed E-state index contributed by atoms with van der Waals surface area (Å²) in [7, 11) is 0. The molecule has 1 aliphatic rings. The highest BCUT2D eigenvalue weighted by Crippen LogP contribution is 2.36. The van der Waals surface area contributed by atoms with Gasteiger partial charge in [0.1, 0.15) is 13.2 Å². The van der Waals surface area contributed by atoms with Crippen LogP contribution in [0.2, 0.25) is 0 Å². The van der Waals surface area contributed by atoms with Crippen molar-refractivity contribution in [1.29, 1.82) is 0 Å². The molecule has 1 saturated carbocycles. The number of nitrogens with zero attached hydrogens (tertiary/aromatic N) is 1. The number of allylic oxidation sites excluding steroid dienone is 2. The Morgan fingerprint density at radius 3 is 2.59 bits per heavy atom. The van der Waals surface area contributed by atoms with Gasteiger partial charge in [0, 0.05) is 25.3 Å². The molecule has 0 spiro atoms. The van der Waals surface area contributed by atoms with Crippen molar-refractivity contribution in [3.63, 3.8) is 0 Å². The van der Waals surface area contributed by atoms with E-state index in [9.17, 15) is 35.0 Å². The molecule has 0 aliphatic heterocycles. The Morgan fingerprint density at radius 1 is 1.11 bits per heavy atom. The topological polar surface area (TPSA) is 180 Å². The van der Waals surface area contributed by atoms with Crippen molar-refractivity contribution in [3.05, 3.63) is 34.4 Å². The van der Waals surface area contributed by atoms with Gasteiger partial charge in [0.05, 0.1) is 24.9 Å². The van der Waals surface area contributed by atoms with Crippen LogP contribution in [0.25, 0.3) is 0 Å². The summed E-state index contributed by atoms with van der Waals surface area (Å²) < 4.78 is 4.82. The van der Waals surface area contributed by atoms with E-state index >= 15 is 0 Å². The van der Waals surface area contributed by atoms with Crippen LogP contribution in [0.5, 0.6) is 0 Å². The van der Waals surface area contributed by atoms with Crippen molar-refractivity contribution in [3.8, 4) is 0 Å². The highest BCUT2D eigenvalue weighted by atomic mass is 16.9. The van der Waals surface area contributed by atoms with Crippen LogP contribution in [-0.4, -0.2) is 77.0 Å². The van der Waals surface area contributed by atoms with Crippen LogP contribution >= 0.6 is 0 Å². The molecule has 1 fully saturated rings. The lowest BCUT2D eigenvalue weighted by Gasteiger charge is -2.19. The van der Waals surface area contributed by atoms with Gasteiger partial charge >= 0.3 is 6.09 Å². The highest BCUT2D eigenvalue weighted by molar-refractivity contribution is 5.75. The van der Waals surface area contributed by atoms with Crippen molar-refractivity contribution in [2.45, 2.75) is 83.0 Å². The number of aliphatic hydroxyl groups is 3. The third kappa shape index (κ3) is 15.2. The number of alkyl carbamates (subject to hydrolysis) is 1. The highest BCUT2D eigenvalue weighted by Gasteiger charge is 2.39. The predicted octanol–water partition coefficient (Wildman–Crippen LogP) is 2.01. The maximum absolute atomic E-state index is 11.9. The molecule has 0 unspecified atom stereocenters. The summed E-state index contributed by atoms with van der Waals surface area (Å²) in [4.78, 5) is 37.2. The average Bonchev–Trinajstić information content (AvgIpc) is 3.12. The van der Waals surface area contributed by atoms with E-state index in [-0.39, 0.29) is 44.0 Å². The molecule has 0 aromatic carbocycles. The molecular weight excluding hydrogens is 486 g/mol. The molecule has 37 heavy (non-hydrogen) atoms. The van der Waals surface area contributed by atoms with Crippen LogP contribution in [0.3, 0.4) is 0 Å². The van der Waals surface area contributed by atoms with Crippen LogP contribution in [-0.2, 0) is 14.4 Å². The molecule has 5 N–H and O–H groups in total. The van der Waals surface area contributed by atoms with Crippen molar-refractivity contribution in [1.82, 2.24) is 10.6 Å². The van der Waals surface area contributed by atoms with Gasteiger partial charge in [0.25, 0.3) is 5.09 Å². The van der Waals surface area contributed by atoms with Gasteiger partial charge in [-0.05, 0) is 31.6 Å². The molecule has 2 amide bonds. The number of hydrogen-bond donors (Lipinski definition) is 5. The Hall–Kier alpha value is -2.70. The maximum Gasteiger partial charge on any atom is 0.407 e. The first-order chi connectivity index (χ1) is 17.7. The second-order valence-electron chi connectivity index (χ2n) is 9.13. The smallest absolute Gasteiger partial charge is 0.407 e. The molecule has 0 aromatic heterocycles. The minimum Gasteiger partial charge on any atom is -0.448 e. The first-order valence-electron chi connectivity index (χ1n) is 13.1. The van der Waals surface area contributed by atoms with E-state index in [0.717, 1.165) is 19.3 Å². The van der Waals surface area contributed by atoms with Gasteiger partial charge in [0.15, 0.2) is 0 Å². The van der Waals surface area contributed by atoms with E-state index < -0.39 is 29.5 Å². The number of ether oxygens (including phenoxy) is 1. The fourth-order valence-electron chi connectivity index (χ4n) is 4.16. The average molecular weight is 530 g/mol. The minimum atomic E-state index is -0.957. The molecule has 0 bridgehead atoms. The van der Waals surface area contributed by atoms with E-state index in [4.69, 9.17) is 4.74 Å². The number of carbonyl (C=O) groups excluding carboxylic acids is 2. The third-order valence-electron chi connectivity index (χ3n) is 6.15. The predicted molar refractivity (Wildman–Crippen MR) is 136 cm³/mol. The SMILES string of the molecule is CCCCC[C@H](O)/C=C/[C@@H]1[C@@H](C/C=C\CCCC(=O)NCCOC(=O)NCCO[N+](=O)[O-])[C@@H](O)C[C@H]1O. The van der Waals surface area contributed by atoms with Gasteiger partial charge < -0.3 is 35.5 Å². The molecule has 0 radical (unpaired) electrons. The zero-order valence-corrected chi connectivity index (χ0v) is 21.6. The zero-order valence-electron chi connectivity index (χ0n) is 21.6. The van der Waals surface area contributed by atoms with Gasteiger partial charge in [-0.1, -0.05) is 50.5 Å². The lowest BCUT2D eigenvalue weighted by molar-refractivity contribution is -0.757. The van der Waals surface area contributed by atoms with Crippen molar-refractivity contribution >= 4 is 12.0 Å².